The molecule has 0 unspecified atom stereocenters. The number of benzene rings is 1. The summed E-state index contributed by atoms with van der Waals surface area (Å²) in [6.45, 7) is 0. The van der Waals surface area contributed by atoms with Crippen LogP contribution in [0.5, 0.6) is 0 Å². The second-order valence-electron chi connectivity index (χ2n) is 2.06. The van der Waals surface area contributed by atoms with E-state index in [0.29, 0.717) is 12.1 Å². The molecule has 1 aromatic rings. The molecule has 64 valence electrons. The molecule has 0 aromatic heterocycles. The molecule has 0 saturated heterocycles. The van der Waals surface area contributed by atoms with Gasteiger partial charge in [0.25, 0.3) is 0 Å². The Morgan fingerprint density at radius 1 is 1.33 bits per heavy atom. The fourth-order valence-electron chi connectivity index (χ4n) is 0.626. The fourth-order valence-corrected chi connectivity index (χ4v) is 0.626. The van der Waals surface area contributed by atoms with Gasteiger partial charge in [-0.1, -0.05) is 12.1 Å². The summed E-state index contributed by atoms with van der Waals surface area (Å²) >= 11 is 0. The SMILES string of the molecule is [2H]c1cc(C(F)(F)F)cc([2H])c1C=O. The first-order valence-electron chi connectivity index (χ1n) is 4.00. The van der Waals surface area contributed by atoms with Gasteiger partial charge in [-0.3, -0.25) is 4.79 Å². The van der Waals surface area contributed by atoms with Gasteiger partial charge >= 0.3 is 6.18 Å². The van der Waals surface area contributed by atoms with E-state index in [1.165, 1.54) is 0 Å². The van der Waals surface area contributed by atoms with Gasteiger partial charge in [0.1, 0.15) is 6.29 Å². The molecule has 0 spiro atoms. The summed E-state index contributed by atoms with van der Waals surface area (Å²) in [6, 6.07) is -0.108. The third kappa shape index (κ3) is 1.84. The first-order chi connectivity index (χ1) is 6.36. The normalized spacial score (nSPS) is 13.6. The minimum atomic E-state index is -4.59. The maximum Gasteiger partial charge on any atom is 0.416 e. The van der Waals surface area contributed by atoms with Crippen LogP contribution in [0.2, 0.25) is 0 Å². The Balaban J connectivity index is 3.35. The summed E-state index contributed by atoms with van der Waals surface area (Å²) in [6.07, 6.45) is -4.39. The number of aldehydes is 1. The maximum atomic E-state index is 12.1. The lowest BCUT2D eigenvalue weighted by Crippen LogP contribution is -2.04. The molecule has 0 amide bonds. The molecule has 0 fully saturated rings. The van der Waals surface area contributed by atoms with Crippen molar-refractivity contribution in [2.75, 3.05) is 0 Å². The zero-order valence-corrected chi connectivity index (χ0v) is 5.77. The van der Waals surface area contributed by atoms with Crippen LogP contribution in [0.1, 0.15) is 18.7 Å². The number of halogens is 3. The predicted octanol–water partition coefficient (Wildman–Crippen LogP) is 2.52. The minimum absolute atomic E-state index is 0.199. The highest BCUT2D eigenvalue weighted by molar-refractivity contribution is 5.74. The smallest absolute Gasteiger partial charge is 0.298 e. The van der Waals surface area contributed by atoms with E-state index in [2.05, 4.69) is 0 Å². The molecule has 4 heteroatoms. The van der Waals surface area contributed by atoms with Crippen molar-refractivity contribution in [3.8, 4) is 0 Å². The Morgan fingerprint density at radius 2 is 1.83 bits per heavy atom. The van der Waals surface area contributed by atoms with E-state index in [1.807, 2.05) is 0 Å². The topological polar surface area (TPSA) is 17.1 Å². The third-order valence-electron chi connectivity index (χ3n) is 1.21. The molecule has 0 saturated carbocycles. The molecular formula is C8H5F3O. The van der Waals surface area contributed by atoms with Gasteiger partial charge in [0, 0.05) is 5.56 Å². The molecule has 0 atom stereocenters. The molecule has 0 aliphatic carbocycles. The minimum Gasteiger partial charge on any atom is -0.298 e. The number of alkyl halides is 3. The van der Waals surface area contributed by atoms with Crippen LogP contribution in [0, 0.1) is 0 Å². The Morgan fingerprint density at radius 3 is 2.17 bits per heavy atom. The van der Waals surface area contributed by atoms with Crippen LogP contribution >= 0.6 is 0 Å². The van der Waals surface area contributed by atoms with Crippen LogP contribution in [-0.4, -0.2) is 6.29 Å². The molecule has 0 heterocycles. The highest BCUT2D eigenvalue weighted by atomic mass is 19.4. The summed E-state index contributed by atoms with van der Waals surface area (Å²) < 4.78 is 50.5. The third-order valence-corrected chi connectivity index (χ3v) is 1.21. The van der Waals surface area contributed by atoms with Crippen LogP contribution < -0.4 is 0 Å². The molecule has 0 aliphatic heterocycles. The van der Waals surface area contributed by atoms with E-state index < -0.39 is 23.8 Å². The molecule has 12 heavy (non-hydrogen) atoms. The second-order valence-corrected chi connectivity index (χ2v) is 2.06. The monoisotopic (exact) mass is 176 g/mol. The van der Waals surface area contributed by atoms with E-state index in [0.717, 1.165) is 0 Å². The van der Waals surface area contributed by atoms with Crippen LogP contribution in [0.3, 0.4) is 0 Å². The van der Waals surface area contributed by atoms with Gasteiger partial charge < -0.3 is 0 Å². The van der Waals surface area contributed by atoms with Gasteiger partial charge in [-0.2, -0.15) is 13.2 Å². The lowest BCUT2D eigenvalue weighted by molar-refractivity contribution is -0.137. The van der Waals surface area contributed by atoms with Crippen LogP contribution in [-0.2, 0) is 6.18 Å². The van der Waals surface area contributed by atoms with Crippen molar-refractivity contribution < 1.29 is 20.7 Å². The van der Waals surface area contributed by atoms with Gasteiger partial charge in [-0.05, 0) is 12.1 Å². The van der Waals surface area contributed by atoms with Crippen LogP contribution in [0.15, 0.2) is 24.2 Å². The Hall–Kier alpha value is -1.32. The van der Waals surface area contributed by atoms with E-state index in [1.54, 1.807) is 0 Å². The van der Waals surface area contributed by atoms with Crippen molar-refractivity contribution in [1.82, 2.24) is 0 Å². The van der Waals surface area contributed by atoms with Gasteiger partial charge in [-0.15, -0.1) is 0 Å². The quantitative estimate of drug-likeness (QED) is 0.601. The van der Waals surface area contributed by atoms with Crippen LogP contribution in [0.4, 0.5) is 13.2 Å². The van der Waals surface area contributed by atoms with E-state index in [-0.39, 0.29) is 11.8 Å². The highest BCUT2D eigenvalue weighted by Gasteiger charge is 2.29. The van der Waals surface area contributed by atoms with Crippen molar-refractivity contribution in [1.29, 1.82) is 0 Å². The number of carbonyl (C=O) groups excluding carboxylic acids is 1. The second kappa shape index (κ2) is 2.97. The first-order valence-corrected chi connectivity index (χ1v) is 3.00. The van der Waals surface area contributed by atoms with Crippen LogP contribution in [0.25, 0.3) is 0 Å². The molecule has 0 aliphatic rings. The van der Waals surface area contributed by atoms with Crippen molar-refractivity contribution in [2.45, 2.75) is 6.18 Å². The van der Waals surface area contributed by atoms with Gasteiger partial charge in [0.15, 0.2) is 0 Å². The summed E-state index contributed by atoms with van der Waals surface area (Å²) in [7, 11) is 0. The fraction of sp³-hybridized carbons (Fsp3) is 0.125. The average molecular weight is 176 g/mol. The van der Waals surface area contributed by atoms with Gasteiger partial charge in [0.2, 0.25) is 0 Å². The zero-order valence-electron chi connectivity index (χ0n) is 7.77. The number of carbonyl (C=O) groups is 1. The van der Waals surface area contributed by atoms with Crippen molar-refractivity contribution in [2.24, 2.45) is 0 Å². The lowest BCUT2D eigenvalue weighted by Gasteiger charge is -2.04. The molecule has 1 aromatic carbocycles. The summed E-state index contributed by atoms with van der Waals surface area (Å²) in [5, 5.41) is 0. The summed E-state index contributed by atoms with van der Waals surface area (Å²) in [5.74, 6) is 0. The zero-order chi connectivity index (χ0) is 10.9. The molecule has 1 rings (SSSR count). The van der Waals surface area contributed by atoms with E-state index in [4.69, 9.17) is 2.74 Å². The van der Waals surface area contributed by atoms with Crippen molar-refractivity contribution in [3.05, 3.63) is 35.3 Å². The summed E-state index contributed by atoms with van der Waals surface area (Å²) in [5.41, 5.74) is -1.42. The van der Waals surface area contributed by atoms with Crippen molar-refractivity contribution >= 4 is 6.29 Å². The Kier molecular flexibility index (Phi) is 1.54. The largest absolute Gasteiger partial charge is 0.416 e. The average Bonchev–Trinajstić information content (AvgIpc) is 2.01. The molecule has 0 radical (unpaired) electrons. The molecule has 0 bridgehead atoms. The molecular weight excluding hydrogens is 169 g/mol. The van der Waals surface area contributed by atoms with E-state index >= 15 is 0 Å². The summed E-state index contributed by atoms with van der Waals surface area (Å²) in [4.78, 5) is 10.3. The maximum absolute atomic E-state index is 12.1. The standard InChI is InChI=1S/C8H5F3O/c9-8(10,11)7-3-1-6(5-12)2-4-7/h1-5H/i1D,2D. The van der Waals surface area contributed by atoms with Gasteiger partial charge in [0.05, 0.1) is 8.30 Å². The Labute approximate surface area is 69.6 Å². The lowest BCUT2D eigenvalue weighted by atomic mass is 10.1. The van der Waals surface area contributed by atoms with Crippen molar-refractivity contribution in [3.63, 3.8) is 0 Å². The van der Waals surface area contributed by atoms with Gasteiger partial charge in [-0.25, -0.2) is 0 Å². The molecule has 1 nitrogen and oxygen atoms in total. The number of hydrogen-bond donors (Lipinski definition) is 0. The van der Waals surface area contributed by atoms with E-state index in [9.17, 15) is 18.0 Å². The molecule has 0 N–H and O–H groups in total. The predicted molar refractivity (Wildman–Crippen MR) is 36.8 cm³/mol. The highest BCUT2D eigenvalue weighted by Crippen LogP contribution is 2.28. The Bertz CT molecular complexity index is 350. The number of rotatable bonds is 1. The first kappa shape index (κ1) is 6.22. The number of hydrogen-bond acceptors (Lipinski definition) is 1.